The Labute approximate surface area is 107 Å². The van der Waals surface area contributed by atoms with E-state index in [2.05, 4.69) is 40.3 Å². The highest BCUT2D eigenvalue weighted by atomic mass is 14.7. The Balaban J connectivity index is 1.99. The first-order chi connectivity index (χ1) is 8.93. The van der Waals surface area contributed by atoms with Gasteiger partial charge in [-0.15, -0.1) is 0 Å². The van der Waals surface area contributed by atoms with E-state index in [4.69, 9.17) is 0 Å². The molecule has 1 aromatic carbocycles. The Hall–Kier alpha value is -2.22. The van der Waals surface area contributed by atoms with E-state index in [1.165, 1.54) is 0 Å². The SMILES string of the molecule is C1=NC(c2cccc(-c3ccccn3)c2)=CCC1. The Morgan fingerprint density at radius 3 is 2.61 bits per heavy atom. The molecule has 0 amide bonds. The van der Waals surface area contributed by atoms with Gasteiger partial charge in [-0.05, 0) is 31.0 Å². The number of hydrogen-bond donors (Lipinski definition) is 0. The monoisotopic (exact) mass is 234 g/mol. The van der Waals surface area contributed by atoms with Crippen LogP contribution in [0.1, 0.15) is 18.4 Å². The third-order valence-corrected chi connectivity index (χ3v) is 2.98. The Morgan fingerprint density at radius 1 is 0.889 bits per heavy atom. The van der Waals surface area contributed by atoms with Crippen molar-refractivity contribution in [3.8, 4) is 11.3 Å². The summed E-state index contributed by atoms with van der Waals surface area (Å²) in [5.41, 5.74) is 4.36. The first kappa shape index (κ1) is 10.9. The molecule has 3 rings (SSSR count). The molecule has 0 fully saturated rings. The summed E-state index contributed by atoms with van der Waals surface area (Å²) in [5, 5.41) is 0. The van der Waals surface area contributed by atoms with E-state index in [0.29, 0.717) is 0 Å². The molecule has 2 heterocycles. The number of hydrogen-bond acceptors (Lipinski definition) is 2. The second-order valence-electron chi connectivity index (χ2n) is 4.27. The van der Waals surface area contributed by atoms with E-state index in [1.54, 1.807) is 0 Å². The second-order valence-corrected chi connectivity index (χ2v) is 4.27. The maximum absolute atomic E-state index is 4.45. The van der Waals surface area contributed by atoms with Crippen LogP contribution >= 0.6 is 0 Å². The predicted molar refractivity (Wildman–Crippen MR) is 75.4 cm³/mol. The van der Waals surface area contributed by atoms with Crippen molar-refractivity contribution >= 4 is 11.9 Å². The molecule has 1 aliphatic heterocycles. The van der Waals surface area contributed by atoms with E-state index in [9.17, 15) is 0 Å². The summed E-state index contributed by atoms with van der Waals surface area (Å²) in [6.07, 6.45) is 8.12. The van der Waals surface area contributed by atoms with Crippen LogP contribution in [0.5, 0.6) is 0 Å². The van der Waals surface area contributed by atoms with Crippen molar-refractivity contribution in [2.75, 3.05) is 0 Å². The van der Waals surface area contributed by atoms with Gasteiger partial charge in [0.05, 0.1) is 11.4 Å². The first-order valence-electron chi connectivity index (χ1n) is 6.18. The molecule has 2 nitrogen and oxygen atoms in total. The lowest BCUT2D eigenvalue weighted by molar-refractivity contribution is 1.09. The van der Waals surface area contributed by atoms with Crippen molar-refractivity contribution in [1.82, 2.24) is 4.98 Å². The van der Waals surface area contributed by atoms with Crippen molar-refractivity contribution in [2.24, 2.45) is 4.99 Å². The number of allylic oxidation sites excluding steroid dienone is 1. The van der Waals surface area contributed by atoms with Gasteiger partial charge in [-0.3, -0.25) is 9.98 Å². The normalized spacial score (nSPS) is 14.3. The highest BCUT2D eigenvalue weighted by Gasteiger charge is 2.05. The van der Waals surface area contributed by atoms with Crippen LogP contribution in [0.25, 0.3) is 17.0 Å². The number of benzene rings is 1. The highest BCUT2D eigenvalue weighted by molar-refractivity contribution is 5.78. The number of rotatable bonds is 2. The van der Waals surface area contributed by atoms with Crippen molar-refractivity contribution in [2.45, 2.75) is 12.8 Å². The van der Waals surface area contributed by atoms with Gasteiger partial charge in [0.15, 0.2) is 0 Å². The van der Waals surface area contributed by atoms with Crippen molar-refractivity contribution in [1.29, 1.82) is 0 Å². The average Bonchev–Trinajstić information content (AvgIpc) is 2.49. The summed E-state index contributed by atoms with van der Waals surface area (Å²) in [6.45, 7) is 0. The summed E-state index contributed by atoms with van der Waals surface area (Å²) in [5.74, 6) is 0. The molecule has 0 radical (unpaired) electrons. The van der Waals surface area contributed by atoms with Gasteiger partial charge in [-0.1, -0.05) is 30.3 Å². The lowest BCUT2D eigenvalue weighted by atomic mass is 10.0. The standard InChI is InChI=1S/C16H14N2/c1-3-10-17-15(8-1)13-6-5-7-14(12-13)16-9-2-4-11-18-16/h1,3,5-12H,2,4H2. The molecule has 0 atom stereocenters. The minimum Gasteiger partial charge on any atom is -0.261 e. The number of aliphatic imine (C=N–C) groups is 1. The molecule has 0 bridgehead atoms. The van der Waals surface area contributed by atoms with Crippen molar-refractivity contribution in [3.05, 3.63) is 60.3 Å². The second kappa shape index (κ2) is 4.96. The van der Waals surface area contributed by atoms with Crippen LogP contribution in [0.3, 0.4) is 0 Å². The van der Waals surface area contributed by atoms with E-state index in [-0.39, 0.29) is 0 Å². The van der Waals surface area contributed by atoms with Crippen molar-refractivity contribution < 1.29 is 0 Å². The van der Waals surface area contributed by atoms with E-state index in [0.717, 1.165) is 35.4 Å². The fourth-order valence-electron chi connectivity index (χ4n) is 2.07. The molecule has 0 saturated heterocycles. The summed E-state index contributed by atoms with van der Waals surface area (Å²) in [7, 11) is 0. The van der Waals surface area contributed by atoms with Gasteiger partial charge in [-0.25, -0.2) is 0 Å². The fraction of sp³-hybridized carbons (Fsp3) is 0.125. The van der Waals surface area contributed by atoms with Crippen LogP contribution in [0.4, 0.5) is 0 Å². The smallest absolute Gasteiger partial charge is 0.0702 e. The fourth-order valence-corrected chi connectivity index (χ4v) is 2.07. The summed E-state index contributed by atoms with van der Waals surface area (Å²) >= 11 is 0. The largest absolute Gasteiger partial charge is 0.261 e. The number of nitrogens with zero attached hydrogens (tertiary/aromatic N) is 2. The van der Waals surface area contributed by atoms with Crippen LogP contribution in [0, 0.1) is 0 Å². The summed E-state index contributed by atoms with van der Waals surface area (Å²) in [6, 6.07) is 14.4. The number of pyridine rings is 1. The van der Waals surface area contributed by atoms with E-state index in [1.807, 2.05) is 30.6 Å². The lowest BCUT2D eigenvalue weighted by Gasteiger charge is -2.08. The molecule has 0 unspecified atom stereocenters. The molecule has 0 N–H and O–H groups in total. The van der Waals surface area contributed by atoms with Crippen LogP contribution in [0.15, 0.2) is 59.7 Å². The Morgan fingerprint density at radius 2 is 1.83 bits per heavy atom. The van der Waals surface area contributed by atoms with Gasteiger partial charge < -0.3 is 0 Å². The summed E-state index contributed by atoms with van der Waals surface area (Å²) < 4.78 is 0. The maximum atomic E-state index is 4.45. The molecule has 2 heteroatoms. The minimum absolute atomic E-state index is 1.000. The molecule has 0 spiro atoms. The third kappa shape index (κ3) is 2.23. The Bertz CT molecular complexity index is 598. The van der Waals surface area contributed by atoms with Crippen LogP contribution < -0.4 is 0 Å². The molecule has 2 aromatic rings. The van der Waals surface area contributed by atoms with Crippen LogP contribution in [-0.4, -0.2) is 11.2 Å². The molecule has 1 aliphatic rings. The third-order valence-electron chi connectivity index (χ3n) is 2.98. The van der Waals surface area contributed by atoms with Crippen LogP contribution in [0.2, 0.25) is 0 Å². The van der Waals surface area contributed by atoms with Crippen LogP contribution in [-0.2, 0) is 0 Å². The minimum atomic E-state index is 1.000. The van der Waals surface area contributed by atoms with Gasteiger partial charge in [0, 0.05) is 23.5 Å². The van der Waals surface area contributed by atoms with Gasteiger partial charge in [-0.2, -0.15) is 0 Å². The molecule has 1 aromatic heterocycles. The maximum Gasteiger partial charge on any atom is 0.0702 e. The predicted octanol–water partition coefficient (Wildman–Crippen LogP) is 3.95. The zero-order chi connectivity index (χ0) is 12.2. The molecule has 88 valence electrons. The quantitative estimate of drug-likeness (QED) is 0.772. The molecule has 0 saturated carbocycles. The zero-order valence-electron chi connectivity index (χ0n) is 10.1. The average molecular weight is 234 g/mol. The highest BCUT2D eigenvalue weighted by Crippen LogP contribution is 2.24. The molecular formula is C16H14N2. The van der Waals surface area contributed by atoms with Crippen molar-refractivity contribution in [3.63, 3.8) is 0 Å². The summed E-state index contributed by atoms with van der Waals surface area (Å²) in [4.78, 5) is 8.83. The molecule has 0 aliphatic carbocycles. The first-order valence-corrected chi connectivity index (χ1v) is 6.18. The lowest BCUT2D eigenvalue weighted by Crippen LogP contribution is -1.90. The van der Waals surface area contributed by atoms with Gasteiger partial charge in [0.2, 0.25) is 0 Å². The Kier molecular flexibility index (Phi) is 3.01. The van der Waals surface area contributed by atoms with E-state index >= 15 is 0 Å². The topological polar surface area (TPSA) is 25.2 Å². The van der Waals surface area contributed by atoms with Gasteiger partial charge >= 0.3 is 0 Å². The molecular weight excluding hydrogens is 220 g/mol. The van der Waals surface area contributed by atoms with Gasteiger partial charge in [0.25, 0.3) is 0 Å². The van der Waals surface area contributed by atoms with E-state index < -0.39 is 0 Å². The number of aromatic nitrogens is 1. The molecule has 18 heavy (non-hydrogen) atoms. The zero-order valence-corrected chi connectivity index (χ0v) is 10.1. The van der Waals surface area contributed by atoms with Gasteiger partial charge in [0.1, 0.15) is 0 Å².